The number of nitro benzene ring substituents is 2. The maximum absolute atomic E-state index is 13.1. The van der Waals surface area contributed by atoms with E-state index in [-0.39, 0.29) is 10.2 Å². The quantitative estimate of drug-likeness (QED) is 0.479. The Kier molecular flexibility index (Phi) is 4.96. The van der Waals surface area contributed by atoms with E-state index in [0.29, 0.717) is 5.56 Å². The number of nitro groups is 2. The van der Waals surface area contributed by atoms with E-state index in [2.05, 4.69) is 26.5 Å². The first kappa shape index (κ1) is 16.5. The SMILES string of the molecule is O=[N+]([O-])c1ccc(NN=Cc2ccc(F)c(Br)c2)c([N+](=O)[O-])c1. The highest BCUT2D eigenvalue weighted by Gasteiger charge is 2.19. The van der Waals surface area contributed by atoms with E-state index in [1.807, 2.05) is 0 Å². The second kappa shape index (κ2) is 6.92. The van der Waals surface area contributed by atoms with Crippen LogP contribution in [0.2, 0.25) is 0 Å². The third-order valence-corrected chi connectivity index (χ3v) is 3.34. The number of benzene rings is 2. The van der Waals surface area contributed by atoms with E-state index in [1.165, 1.54) is 30.5 Å². The average molecular weight is 383 g/mol. The molecule has 0 aliphatic heterocycles. The van der Waals surface area contributed by atoms with Crippen LogP contribution in [0.1, 0.15) is 5.56 Å². The van der Waals surface area contributed by atoms with Crippen molar-refractivity contribution in [1.29, 1.82) is 0 Å². The van der Waals surface area contributed by atoms with Crippen LogP contribution in [0.4, 0.5) is 21.5 Å². The minimum absolute atomic E-state index is 0.00183. The monoisotopic (exact) mass is 382 g/mol. The maximum Gasteiger partial charge on any atom is 0.301 e. The fourth-order valence-corrected chi connectivity index (χ4v) is 2.04. The summed E-state index contributed by atoms with van der Waals surface area (Å²) in [4.78, 5) is 20.1. The highest BCUT2D eigenvalue weighted by atomic mass is 79.9. The number of hydrogen-bond acceptors (Lipinski definition) is 6. The van der Waals surface area contributed by atoms with Crippen LogP contribution in [0.3, 0.4) is 0 Å². The standard InChI is InChI=1S/C13H8BrFN4O4/c14-10-5-8(1-3-11(10)15)7-16-17-12-4-2-9(18(20)21)6-13(12)19(22)23/h1-7,17H. The molecule has 8 nitrogen and oxygen atoms in total. The second-order valence-electron chi connectivity index (χ2n) is 4.26. The van der Waals surface area contributed by atoms with Gasteiger partial charge < -0.3 is 0 Å². The molecule has 118 valence electrons. The number of rotatable bonds is 5. The van der Waals surface area contributed by atoms with Gasteiger partial charge in [0.15, 0.2) is 0 Å². The molecule has 2 aromatic rings. The van der Waals surface area contributed by atoms with Crippen molar-refractivity contribution in [2.24, 2.45) is 5.10 Å². The largest absolute Gasteiger partial charge is 0.301 e. The number of non-ortho nitro benzene ring substituents is 1. The molecule has 0 unspecified atom stereocenters. The summed E-state index contributed by atoms with van der Waals surface area (Å²) in [6.45, 7) is 0. The van der Waals surface area contributed by atoms with Crippen LogP contribution in [0.15, 0.2) is 46.0 Å². The predicted molar refractivity (Wildman–Crippen MR) is 85.1 cm³/mol. The Morgan fingerprint density at radius 1 is 1.13 bits per heavy atom. The van der Waals surface area contributed by atoms with Gasteiger partial charge in [0.05, 0.1) is 26.6 Å². The number of halogens is 2. The fraction of sp³-hybridized carbons (Fsp3) is 0. The van der Waals surface area contributed by atoms with Crippen LogP contribution in [-0.2, 0) is 0 Å². The molecule has 0 spiro atoms. The van der Waals surface area contributed by atoms with Gasteiger partial charge in [-0.3, -0.25) is 25.7 Å². The van der Waals surface area contributed by atoms with E-state index >= 15 is 0 Å². The highest BCUT2D eigenvalue weighted by molar-refractivity contribution is 9.10. The van der Waals surface area contributed by atoms with Crippen molar-refractivity contribution < 1.29 is 14.2 Å². The lowest BCUT2D eigenvalue weighted by atomic mass is 10.2. The van der Waals surface area contributed by atoms with Crippen LogP contribution < -0.4 is 5.43 Å². The molecule has 23 heavy (non-hydrogen) atoms. The lowest BCUT2D eigenvalue weighted by molar-refractivity contribution is -0.393. The average Bonchev–Trinajstić information content (AvgIpc) is 2.50. The van der Waals surface area contributed by atoms with E-state index in [4.69, 9.17) is 0 Å². The van der Waals surface area contributed by atoms with Crippen molar-refractivity contribution in [3.8, 4) is 0 Å². The molecule has 1 N–H and O–H groups in total. The highest BCUT2D eigenvalue weighted by Crippen LogP contribution is 2.28. The van der Waals surface area contributed by atoms with Crippen LogP contribution >= 0.6 is 15.9 Å². The normalized spacial score (nSPS) is 10.7. The Morgan fingerprint density at radius 2 is 1.87 bits per heavy atom. The Balaban J connectivity index is 2.22. The molecule has 2 aromatic carbocycles. The molecule has 0 aromatic heterocycles. The summed E-state index contributed by atoms with van der Waals surface area (Å²) >= 11 is 3.02. The Hall–Kier alpha value is -2.88. The summed E-state index contributed by atoms with van der Waals surface area (Å²) in [5, 5.41) is 25.4. The van der Waals surface area contributed by atoms with Gasteiger partial charge in [0, 0.05) is 6.07 Å². The van der Waals surface area contributed by atoms with Gasteiger partial charge in [0.2, 0.25) is 0 Å². The first-order valence-corrected chi connectivity index (χ1v) is 6.85. The summed E-state index contributed by atoms with van der Waals surface area (Å²) < 4.78 is 13.3. The smallest absolute Gasteiger partial charge is 0.272 e. The Morgan fingerprint density at radius 3 is 2.48 bits per heavy atom. The molecule has 0 fully saturated rings. The molecule has 0 saturated heterocycles. The Bertz CT molecular complexity index is 813. The molecule has 0 amide bonds. The first-order valence-electron chi connectivity index (χ1n) is 6.05. The van der Waals surface area contributed by atoms with Gasteiger partial charge in [-0.25, -0.2) is 4.39 Å². The minimum atomic E-state index is -0.751. The molecule has 10 heteroatoms. The van der Waals surface area contributed by atoms with Crippen molar-refractivity contribution in [2.45, 2.75) is 0 Å². The number of nitrogens with one attached hydrogen (secondary N) is 1. The maximum atomic E-state index is 13.1. The Labute approximate surface area is 137 Å². The summed E-state index contributed by atoms with van der Waals surface area (Å²) in [5.41, 5.74) is 2.12. The molecule has 0 radical (unpaired) electrons. The zero-order valence-electron chi connectivity index (χ0n) is 11.3. The van der Waals surface area contributed by atoms with Gasteiger partial charge in [-0.05, 0) is 39.7 Å². The van der Waals surface area contributed by atoms with Crippen LogP contribution in [-0.4, -0.2) is 16.1 Å². The summed E-state index contributed by atoms with van der Waals surface area (Å²) in [6, 6.07) is 7.33. The van der Waals surface area contributed by atoms with Gasteiger partial charge in [-0.2, -0.15) is 5.10 Å². The van der Waals surface area contributed by atoms with Gasteiger partial charge >= 0.3 is 5.69 Å². The van der Waals surface area contributed by atoms with Crippen LogP contribution in [0.25, 0.3) is 0 Å². The summed E-state index contributed by atoms with van der Waals surface area (Å²) in [7, 11) is 0. The first-order chi connectivity index (χ1) is 10.9. The van der Waals surface area contributed by atoms with Crippen molar-refractivity contribution in [3.63, 3.8) is 0 Å². The van der Waals surface area contributed by atoms with Gasteiger partial charge in [0.25, 0.3) is 5.69 Å². The lowest BCUT2D eigenvalue weighted by Gasteiger charge is -2.02. The number of nitrogens with zero attached hydrogens (tertiary/aromatic N) is 3. The van der Waals surface area contributed by atoms with Crippen molar-refractivity contribution in [3.05, 3.63) is 72.5 Å². The summed E-state index contributed by atoms with van der Waals surface area (Å²) in [6.07, 6.45) is 1.33. The molecule has 0 bridgehead atoms. The predicted octanol–water partition coefficient (Wildman–Crippen LogP) is 3.85. The molecular weight excluding hydrogens is 375 g/mol. The van der Waals surface area contributed by atoms with Gasteiger partial charge in [-0.1, -0.05) is 6.07 Å². The molecular formula is C13H8BrFN4O4. The zero-order valence-corrected chi connectivity index (χ0v) is 12.9. The van der Waals surface area contributed by atoms with Gasteiger partial charge in [0.1, 0.15) is 11.5 Å². The third-order valence-electron chi connectivity index (χ3n) is 2.73. The molecule has 0 aliphatic rings. The molecule has 2 rings (SSSR count). The summed E-state index contributed by atoms with van der Waals surface area (Å²) in [5.74, 6) is -0.430. The van der Waals surface area contributed by atoms with E-state index in [0.717, 1.165) is 12.1 Å². The van der Waals surface area contributed by atoms with Crippen molar-refractivity contribution in [2.75, 3.05) is 5.43 Å². The topological polar surface area (TPSA) is 111 Å². The van der Waals surface area contributed by atoms with E-state index in [9.17, 15) is 24.6 Å². The fourth-order valence-electron chi connectivity index (χ4n) is 1.65. The number of hydrazone groups is 1. The van der Waals surface area contributed by atoms with Crippen molar-refractivity contribution >= 4 is 39.2 Å². The number of hydrogen-bond donors (Lipinski definition) is 1. The third kappa shape index (κ3) is 4.07. The molecule has 0 heterocycles. The zero-order chi connectivity index (χ0) is 17.0. The van der Waals surface area contributed by atoms with Gasteiger partial charge in [-0.15, -0.1) is 0 Å². The number of anilines is 1. The van der Waals surface area contributed by atoms with E-state index in [1.54, 1.807) is 0 Å². The second-order valence-corrected chi connectivity index (χ2v) is 5.11. The van der Waals surface area contributed by atoms with E-state index < -0.39 is 27.0 Å². The molecule has 0 aliphatic carbocycles. The van der Waals surface area contributed by atoms with Crippen LogP contribution in [0.5, 0.6) is 0 Å². The lowest BCUT2D eigenvalue weighted by Crippen LogP contribution is -1.98. The van der Waals surface area contributed by atoms with Crippen LogP contribution in [0, 0.1) is 26.0 Å². The molecule has 0 saturated carbocycles. The molecule has 0 atom stereocenters. The minimum Gasteiger partial charge on any atom is -0.272 e. The van der Waals surface area contributed by atoms with Crippen molar-refractivity contribution in [1.82, 2.24) is 0 Å².